The summed E-state index contributed by atoms with van der Waals surface area (Å²) in [5.74, 6) is 1.97. The number of allylic oxidation sites excluding steroid dienone is 6. The summed E-state index contributed by atoms with van der Waals surface area (Å²) >= 11 is 0. The molecule has 0 saturated carbocycles. The number of hydrogen-bond donors (Lipinski definition) is 0. The Hall–Kier alpha value is -7.43. The van der Waals surface area contributed by atoms with Crippen molar-refractivity contribution in [2.45, 2.75) is 13.3 Å². The highest BCUT2D eigenvalue weighted by Gasteiger charge is 2.17. The van der Waals surface area contributed by atoms with E-state index in [1.165, 1.54) is 33.4 Å². The van der Waals surface area contributed by atoms with Crippen molar-refractivity contribution in [2.75, 3.05) is 4.90 Å². The maximum absolute atomic E-state index is 5.01. The van der Waals surface area contributed by atoms with Gasteiger partial charge in [-0.2, -0.15) is 0 Å². The van der Waals surface area contributed by atoms with Crippen LogP contribution in [-0.4, -0.2) is 15.0 Å². The molecule has 0 spiro atoms. The first-order valence-electron chi connectivity index (χ1n) is 19.4. The van der Waals surface area contributed by atoms with Crippen molar-refractivity contribution >= 4 is 28.2 Å². The lowest BCUT2D eigenvalue weighted by Crippen LogP contribution is -2.09. The fourth-order valence-electron chi connectivity index (χ4n) is 7.40. The third-order valence-electron chi connectivity index (χ3n) is 10.4. The minimum Gasteiger partial charge on any atom is -0.311 e. The minimum atomic E-state index is 0.655. The number of fused-ring (bicyclic) bond motifs is 1. The molecule has 0 bridgehead atoms. The molecule has 4 nitrogen and oxygen atoms in total. The molecular weight excluding hydrogens is 693 g/mol. The molecule has 0 atom stereocenters. The molecule has 7 aromatic carbocycles. The molecule has 0 unspecified atom stereocenters. The number of nitrogens with zero attached hydrogens (tertiary/aromatic N) is 4. The van der Waals surface area contributed by atoms with E-state index >= 15 is 0 Å². The molecule has 9 rings (SSSR count). The molecule has 1 aliphatic carbocycles. The summed E-state index contributed by atoms with van der Waals surface area (Å²) in [5, 5.41) is 0. The van der Waals surface area contributed by atoms with Gasteiger partial charge in [0.05, 0.1) is 0 Å². The quantitative estimate of drug-likeness (QED) is 0.156. The Labute approximate surface area is 334 Å². The van der Waals surface area contributed by atoms with Crippen LogP contribution in [0.25, 0.3) is 56.4 Å². The smallest absolute Gasteiger partial charge is 0.164 e. The summed E-state index contributed by atoms with van der Waals surface area (Å²) in [4.78, 5) is 17.2. The topological polar surface area (TPSA) is 41.9 Å². The van der Waals surface area contributed by atoms with Crippen molar-refractivity contribution in [3.63, 3.8) is 0 Å². The zero-order chi connectivity index (χ0) is 38.4. The fraction of sp³-hybridized carbons (Fsp3) is 0.0377. The largest absolute Gasteiger partial charge is 0.311 e. The Morgan fingerprint density at radius 1 is 0.421 bits per heavy atom. The van der Waals surface area contributed by atoms with Gasteiger partial charge in [-0.05, 0) is 94.8 Å². The second-order valence-corrected chi connectivity index (χ2v) is 14.0. The van der Waals surface area contributed by atoms with Crippen LogP contribution < -0.4 is 4.90 Å². The molecule has 1 aliphatic rings. The zero-order valence-electron chi connectivity index (χ0n) is 31.7. The van der Waals surface area contributed by atoms with Crippen LogP contribution in [0.3, 0.4) is 0 Å². The fourth-order valence-corrected chi connectivity index (χ4v) is 7.40. The van der Waals surface area contributed by atoms with E-state index in [0.29, 0.717) is 17.5 Å². The molecule has 57 heavy (non-hydrogen) atoms. The highest BCUT2D eigenvalue weighted by atomic mass is 15.1. The second-order valence-electron chi connectivity index (χ2n) is 14.0. The maximum atomic E-state index is 5.01. The third-order valence-corrected chi connectivity index (χ3v) is 10.4. The number of rotatable bonds is 8. The van der Waals surface area contributed by atoms with Crippen molar-refractivity contribution in [2.24, 2.45) is 0 Å². The lowest BCUT2D eigenvalue weighted by Gasteiger charge is -2.26. The van der Waals surface area contributed by atoms with Gasteiger partial charge >= 0.3 is 0 Å². The molecule has 272 valence electrons. The maximum Gasteiger partial charge on any atom is 0.164 e. The van der Waals surface area contributed by atoms with Gasteiger partial charge in [-0.25, -0.2) is 15.0 Å². The van der Waals surface area contributed by atoms with Crippen LogP contribution in [0.1, 0.15) is 23.6 Å². The molecule has 1 heterocycles. The molecule has 0 fully saturated rings. The van der Waals surface area contributed by atoms with Crippen LogP contribution in [0.5, 0.6) is 0 Å². The Bertz CT molecular complexity index is 2660. The normalized spacial score (nSPS) is 14.5. The van der Waals surface area contributed by atoms with Crippen molar-refractivity contribution < 1.29 is 0 Å². The van der Waals surface area contributed by atoms with E-state index in [-0.39, 0.29) is 0 Å². The van der Waals surface area contributed by atoms with Gasteiger partial charge in [-0.1, -0.05) is 170 Å². The SMILES string of the molecule is C/C=C1/C=C\C(c2ccc(N(c3ccccc3)c3ccc(-c4ccccc4)cc3)cc2)=C/Cc2cc(-c3nc(-c4ccccc4)nc(-c4ccccc4)n3)ccc21. The standard InChI is InChI=1S/C53H40N4/c1-2-38-23-24-40(42-29-34-49(35-30-42)57(47-21-13-6-14-22-47)48-32-27-41(28-33-48)39-15-7-3-8-16-39)25-26-45-37-46(31-36-50(38)45)53-55-51(43-17-9-4-10-18-43)54-52(56-53)44-19-11-5-12-20-44/h2-25,27-37H,26H2,1H3/b24-23-,38-2-,40-25+. The van der Waals surface area contributed by atoms with Crippen molar-refractivity contribution in [1.29, 1.82) is 0 Å². The van der Waals surface area contributed by atoms with E-state index in [9.17, 15) is 0 Å². The van der Waals surface area contributed by atoms with Crippen molar-refractivity contribution in [1.82, 2.24) is 15.0 Å². The second kappa shape index (κ2) is 16.1. The monoisotopic (exact) mass is 732 g/mol. The first kappa shape index (κ1) is 35.3. The van der Waals surface area contributed by atoms with E-state index in [1.807, 2.05) is 60.7 Å². The Kier molecular flexibility index (Phi) is 9.98. The van der Waals surface area contributed by atoms with Gasteiger partial charge in [-0.3, -0.25) is 0 Å². The zero-order valence-corrected chi connectivity index (χ0v) is 31.7. The van der Waals surface area contributed by atoms with Crippen LogP contribution >= 0.6 is 0 Å². The number of anilines is 3. The lowest BCUT2D eigenvalue weighted by atomic mass is 9.90. The first-order chi connectivity index (χ1) is 28.2. The van der Waals surface area contributed by atoms with E-state index in [4.69, 9.17) is 15.0 Å². The van der Waals surface area contributed by atoms with Crippen LogP contribution in [-0.2, 0) is 6.42 Å². The number of aromatic nitrogens is 3. The van der Waals surface area contributed by atoms with Crippen molar-refractivity contribution in [3.8, 4) is 45.3 Å². The molecule has 4 heteroatoms. The molecular formula is C53H40N4. The summed E-state index contributed by atoms with van der Waals surface area (Å²) in [5.41, 5.74) is 14.5. The number of benzene rings is 7. The van der Waals surface area contributed by atoms with Gasteiger partial charge in [0.15, 0.2) is 17.5 Å². The number of para-hydroxylation sites is 1. The molecule has 0 radical (unpaired) electrons. The Morgan fingerprint density at radius 2 is 0.860 bits per heavy atom. The van der Waals surface area contributed by atoms with Gasteiger partial charge in [-0.15, -0.1) is 0 Å². The predicted molar refractivity (Wildman–Crippen MR) is 237 cm³/mol. The number of hydrogen-bond acceptors (Lipinski definition) is 4. The summed E-state index contributed by atoms with van der Waals surface area (Å²) in [6.07, 6.45) is 9.74. The average molecular weight is 733 g/mol. The van der Waals surface area contributed by atoms with Crippen LogP contribution in [0.2, 0.25) is 0 Å². The summed E-state index contributed by atoms with van der Waals surface area (Å²) < 4.78 is 0. The third kappa shape index (κ3) is 7.62. The van der Waals surface area contributed by atoms with Crippen molar-refractivity contribution in [3.05, 3.63) is 229 Å². The Balaban J connectivity index is 1.04. The van der Waals surface area contributed by atoms with Crippen LogP contribution in [0.4, 0.5) is 17.1 Å². The van der Waals surface area contributed by atoms with Crippen LogP contribution in [0, 0.1) is 0 Å². The van der Waals surface area contributed by atoms with Gasteiger partial charge in [0.1, 0.15) is 0 Å². The van der Waals surface area contributed by atoms with E-state index in [0.717, 1.165) is 45.7 Å². The summed E-state index contributed by atoms with van der Waals surface area (Å²) in [6, 6.07) is 65.6. The lowest BCUT2D eigenvalue weighted by molar-refractivity contribution is 1.07. The molecule has 0 N–H and O–H groups in total. The molecule has 0 saturated heterocycles. The Morgan fingerprint density at radius 3 is 1.40 bits per heavy atom. The van der Waals surface area contributed by atoms with Gasteiger partial charge in [0.25, 0.3) is 0 Å². The predicted octanol–water partition coefficient (Wildman–Crippen LogP) is 13.6. The van der Waals surface area contributed by atoms with E-state index in [2.05, 4.69) is 164 Å². The highest BCUT2D eigenvalue weighted by molar-refractivity contribution is 5.86. The van der Waals surface area contributed by atoms with Gasteiger partial charge in [0.2, 0.25) is 0 Å². The highest BCUT2D eigenvalue weighted by Crippen LogP contribution is 2.37. The average Bonchev–Trinajstić information content (AvgIpc) is 3.28. The summed E-state index contributed by atoms with van der Waals surface area (Å²) in [6.45, 7) is 2.10. The van der Waals surface area contributed by atoms with Crippen LogP contribution in [0.15, 0.2) is 212 Å². The first-order valence-corrected chi connectivity index (χ1v) is 19.4. The van der Waals surface area contributed by atoms with E-state index < -0.39 is 0 Å². The van der Waals surface area contributed by atoms with E-state index in [1.54, 1.807) is 0 Å². The van der Waals surface area contributed by atoms with Gasteiger partial charge < -0.3 is 4.90 Å². The minimum absolute atomic E-state index is 0.655. The summed E-state index contributed by atoms with van der Waals surface area (Å²) in [7, 11) is 0. The molecule has 1 aromatic heterocycles. The van der Waals surface area contributed by atoms with Gasteiger partial charge in [0, 0.05) is 33.8 Å². The molecule has 8 aromatic rings. The molecule has 0 amide bonds. The molecule has 0 aliphatic heterocycles.